The van der Waals surface area contributed by atoms with Crippen molar-refractivity contribution < 1.29 is 4.74 Å². The fourth-order valence-electron chi connectivity index (χ4n) is 3.02. The van der Waals surface area contributed by atoms with E-state index in [4.69, 9.17) is 10.00 Å². The Bertz CT molecular complexity index is 687. The van der Waals surface area contributed by atoms with Crippen molar-refractivity contribution in [2.45, 2.75) is 26.4 Å². The largest absolute Gasteiger partial charge is 0.497 e. The molecular formula is C21H27N3O. The normalized spacial score (nSPS) is 12.0. The molecule has 0 saturated heterocycles. The maximum atomic E-state index is 8.88. The van der Waals surface area contributed by atoms with E-state index in [-0.39, 0.29) is 0 Å². The molecule has 0 heterocycles. The third kappa shape index (κ3) is 5.32. The molecule has 0 amide bonds. The molecule has 2 rings (SSSR count). The van der Waals surface area contributed by atoms with Crippen LogP contribution in [0.5, 0.6) is 5.75 Å². The molecule has 0 bridgehead atoms. The summed E-state index contributed by atoms with van der Waals surface area (Å²) in [5.74, 6) is 0.891. The second-order valence-electron chi connectivity index (χ2n) is 5.95. The molecule has 1 N–H and O–H groups in total. The van der Waals surface area contributed by atoms with Gasteiger partial charge in [0.2, 0.25) is 0 Å². The van der Waals surface area contributed by atoms with E-state index in [1.807, 2.05) is 36.4 Å². The number of hydrogen-bond acceptors (Lipinski definition) is 4. The maximum Gasteiger partial charge on any atom is 0.119 e. The van der Waals surface area contributed by atoms with Crippen molar-refractivity contribution in [2.24, 2.45) is 0 Å². The van der Waals surface area contributed by atoms with Gasteiger partial charge in [-0.05, 0) is 48.5 Å². The molecule has 1 unspecified atom stereocenters. The molecule has 0 aliphatic heterocycles. The molecule has 4 nitrogen and oxygen atoms in total. The zero-order valence-corrected chi connectivity index (χ0v) is 15.3. The van der Waals surface area contributed by atoms with E-state index < -0.39 is 0 Å². The first kappa shape index (κ1) is 19.0. The Labute approximate surface area is 151 Å². The van der Waals surface area contributed by atoms with E-state index >= 15 is 0 Å². The molecule has 0 fully saturated rings. The number of nitrogens with one attached hydrogen (secondary N) is 1. The Balaban J connectivity index is 2.06. The van der Waals surface area contributed by atoms with Gasteiger partial charge in [-0.3, -0.25) is 4.90 Å². The number of benzene rings is 2. The number of likely N-dealkylation sites (N-methyl/N-ethyl adjacent to an activating group) is 1. The van der Waals surface area contributed by atoms with Crippen LogP contribution in [0.15, 0.2) is 48.5 Å². The minimum Gasteiger partial charge on any atom is -0.497 e. The Morgan fingerprint density at radius 3 is 2.44 bits per heavy atom. The lowest BCUT2D eigenvalue weighted by Crippen LogP contribution is -2.35. The van der Waals surface area contributed by atoms with Gasteiger partial charge in [-0.2, -0.15) is 5.26 Å². The van der Waals surface area contributed by atoms with Crippen LogP contribution in [0.3, 0.4) is 0 Å². The number of rotatable bonds is 9. The van der Waals surface area contributed by atoms with Crippen LogP contribution in [0.2, 0.25) is 0 Å². The lowest BCUT2D eigenvalue weighted by molar-refractivity contribution is 0.212. The number of nitriles is 1. The molecule has 0 aliphatic carbocycles. The average Bonchev–Trinajstić information content (AvgIpc) is 2.68. The van der Waals surface area contributed by atoms with Crippen LogP contribution in [-0.4, -0.2) is 31.6 Å². The van der Waals surface area contributed by atoms with Crippen LogP contribution in [0.25, 0.3) is 0 Å². The van der Waals surface area contributed by atoms with E-state index in [9.17, 15) is 0 Å². The monoisotopic (exact) mass is 337 g/mol. The standard InChI is InChI=1S/C21H27N3O/c1-4-24(5-2)21(19-7-6-8-20(13-19)25-3)16-23-15-18-11-9-17(14-22)10-12-18/h6-13,21,23H,4-5,15-16H2,1-3H3. The molecule has 0 spiro atoms. The Hall–Kier alpha value is -2.35. The van der Waals surface area contributed by atoms with Crippen LogP contribution in [-0.2, 0) is 6.54 Å². The van der Waals surface area contributed by atoms with Crippen LogP contribution >= 0.6 is 0 Å². The predicted molar refractivity (Wildman–Crippen MR) is 102 cm³/mol. The van der Waals surface area contributed by atoms with Crippen molar-refractivity contribution in [1.29, 1.82) is 5.26 Å². The summed E-state index contributed by atoms with van der Waals surface area (Å²) in [4.78, 5) is 2.44. The first-order valence-electron chi connectivity index (χ1n) is 8.79. The van der Waals surface area contributed by atoms with E-state index in [2.05, 4.69) is 42.3 Å². The summed E-state index contributed by atoms with van der Waals surface area (Å²) in [5, 5.41) is 12.4. The lowest BCUT2D eigenvalue weighted by atomic mass is 10.0. The van der Waals surface area contributed by atoms with Crippen molar-refractivity contribution in [3.63, 3.8) is 0 Å². The quantitative estimate of drug-likeness (QED) is 0.757. The Morgan fingerprint density at radius 1 is 1.12 bits per heavy atom. The molecule has 2 aromatic carbocycles. The minimum atomic E-state index is 0.295. The number of methoxy groups -OCH3 is 1. The zero-order valence-electron chi connectivity index (χ0n) is 15.3. The van der Waals surface area contributed by atoms with Gasteiger partial charge in [0, 0.05) is 19.1 Å². The Morgan fingerprint density at radius 2 is 1.84 bits per heavy atom. The van der Waals surface area contributed by atoms with Gasteiger partial charge in [0.15, 0.2) is 0 Å². The summed E-state index contributed by atoms with van der Waals surface area (Å²) in [7, 11) is 1.70. The molecular weight excluding hydrogens is 310 g/mol. The fourth-order valence-corrected chi connectivity index (χ4v) is 3.02. The van der Waals surface area contributed by atoms with Gasteiger partial charge < -0.3 is 10.1 Å². The van der Waals surface area contributed by atoms with E-state index in [0.29, 0.717) is 11.6 Å². The summed E-state index contributed by atoms with van der Waals surface area (Å²) in [6.07, 6.45) is 0. The highest BCUT2D eigenvalue weighted by Crippen LogP contribution is 2.24. The summed E-state index contributed by atoms with van der Waals surface area (Å²) >= 11 is 0. The first-order valence-corrected chi connectivity index (χ1v) is 8.79. The second kappa shape index (κ2) is 9.83. The molecule has 132 valence electrons. The molecule has 0 saturated carbocycles. The summed E-state index contributed by atoms with van der Waals surface area (Å²) < 4.78 is 5.38. The third-order valence-electron chi connectivity index (χ3n) is 4.48. The van der Waals surface area contributed by atoms with Crippen LogP contribution < -0.4 is 10.1 Å². The third-order valence-corrected chi connectivity index (χ3v) is 4.48. The predicted octanol–water partition coefficient (Wildman–Crippen LogP) is 3.74. The SMILES string of the molecule is CCN(CC)C(CNCc1ccc(C#N)cc1)c1cccc(OC)c1. The molecule has 0 aromatic heterocycles. The van der Waals surface area contributed by atoms with Gasteiger partial charge in [-0.15, -0.1) is 0 Å². The smallest absolute Gasteiger partial charge is 0.119 e. The highest BCUT2D eigenvalue weighted by molar-refractivity contribution is 5.32. The van der Waals surface area contributed by atoms with Gasteiger partial charge in [0.1, 0.15) is 5.75 Å². The highest BCUT2D eigenvalue weighted by atomic mass is 16.5. The van der Waals surface area contributed by atoms with Gasteiger partial charge in [-0.25, -0.2) is 0 Å². The fraction of sp³-hybridized carbons (Fsp3) is 0.381. The second-order valence-corrected chi connectivity index (χ2v) is 5.95. The van der Waals surface area contributed by atoms with Crippen molar-refractivity contribution >= 4 is 0 Å². The zero-order chi connectivity index (χ0) is 18.1. The maximum absolute atomic E-state index is 8.88. The van der Waals surface area contributed by atoms with Crippen molar-refractivity contribution in [3.8, 4) is 11.8 Å². The van der Waals surface area contributed by atoms with Crippen LogP contribution in [0.1, 0.15) is 36.6 Å². The topological polar surface area (TPSA) is 48.3 Å². The van der Waals surface area contributed by atoms with Gasteiger partial charge in [0.25, 0.3) is 0 Å². The van der Waals surface area contributed by atoms with Crippen molar-refractivity contribution in [2.75, 3.05) is 26.7 Å². The summed E-state index contributed by atoms with van der Waals surface area (Å²) in [6.45, 7) is 8.02. The molecule has 1 atom stereocenters. The van der Waals surface area contributed by atoms with Crippen LogP contribution in [0, 0.1) is 11.3 Å². The van der Waals surface area contributed by atoms with Crippen molar-refractivity contribution in [3.05, 3.63) is 65.2 Å². The number of hydrogen-bond donors (Lipinski definition) is 1. The summed E-state index contributed by atoms with van der Waals surface area (Å²) in [5.41, 5.74) is 3.14. The minimum absolute atomic E-state index is 0.295. The molecule has 4 heteroatoms. The number of nitrogens with zero attached hydrogens (tertiary/aromatic N) is 2. The van der Waals surface area contributed by atoms with E-state index in [1.54, 1.807) is 7.11 Å². The van der Waals surface area contributed by atoms with Gasteiger partial charge in [0.05, 0.1) is 18.7 Å². The molecule has 25 heavy (non-hydrogen) atoms. The number of ether oxygens (including phenoxy) is 1. The lowest BCUT2D eigenvalue weighted by Gasteiger charge is -2.30. The van der Waals surface area contributed by atoms with E-state index in [0.717, 1.165) is 31.9 Å². The molecule has 2 aromatic rings. The van der Waals surface area contributed by atoms with Gasteiger partial charge in [-0.1, -0.05) is 38.1 Å². The van der Waals surface area contributed by atoms with Crippen LogP contribution in [0.4, 0.5) is 0 Å². The van der Waals surface area contributed by atoms with Crippen molar-refractivity contribution in [1.82, 2.24) is 10.2 Å². The molecule has 0 aliphatic rings. The van der Waals surface area contributed by atoms with Gasteiger partial charge >= 0.3 is 0 Å². The summed E-state index contributed by atoms with van der Waals surface area (Å²) in [6, 6.07) is 18.5. The highest BCUT2D eigenvalue weighted by Gasteiger charge is 2.18. The first-order chi connectivity index (χ1) is 12.2. The Kier molecular flexibility index (Phi) is 7.46. The molecule has 0 radical (unpaired) electrons. The van der Waals surface area contributed by atoms with E-state index in [1.165, 1.54) is 11.1 Å². The average molecular weight is 337 g/mol.